The van der Waals surface area contributed by atoms with Crippen LogP contribution < -0.4 is 5.56 Å². The van der Waals surface area contributed by atoms with E-state index in [9.17, 15) is 15.2 Å². The Bertz CT molecular complexity index is 1030. The molecular formula is C17H9ClN2O2S. The molecule has 0 aliphatic rings. The Kier molecular flexibility index (Phi) is 4.11. The van der Waals surface area contributed by atoms with Gasteiger partial charge in [0, 0.05) is 10.3 Å². The molecular weight excluding hydrogens is 332 g/mol. The van der Waals surface area contributed by atoms with E-state index in [1.807, 2.05) is 6.07 Å². The Balaban J connectivity index is 2.27. The molecule has 3 rings (SSSR count). The minimum absolute atomic E-state index is 0.0778. The highest BCUT2D eigenvalue weighted by Crippen LogP contribution is 2.30. The summed E-state index contributed by atoms with van der Waals surface area (Å²) in [5, 5.41) is 20.8. The van der Waals surface area contributed by atoms with Crippen LogP contribution in [0.15, 0.2) is 53.3 Å². The summed E-state index contributed by atoms with van der Waals surface area (Å²) in [6, 6.07) is 15.5. The van der Waals surface area contributed by atoms with E-state index in [1.165, 1.54) is 11.3 Å². The fourth-order valence-electron chi connectivity index (χ4n) is 2.11. The van der Waals surface area contributed by atoms with E-state index in [0.717, 1.165) is 0 Å². The number of halogens is 1. The van der Waals surface area contributed by atoms with Gasteiger partial charge in [0.15, 0.2) is 0 Å². The summed E-state index contributed by atoms with van der Waals surface area (Å²) in [6.07, 6.45) is 0. The number of fused-ring (bicyclic) bond motifs is 1. The Morgan fingerprint density at radius 1 is 1.17 bits per heavy atom. The predicted octanol–water partition coefficient (Wildman–Crippen LogP) is 4.26. The van der Waals surface area contributed by atoms with Gasteiger partial charge in [0.1, 0.15) is 22.4 Å². The molecule has 0 unspecified atom stereocenters. The first-order chi connectivity index (χ1) is 11.1. The van der Waals surface area contributed by atoms with Gasteiger partial charge < -0.3 is 5.11 Å². The third-order valence-corrected chi connectivity index (χ3v) is 4.61. The van der Waals surface area contributed by atoms with E-state index in [1.54, 1.807) is 48.5 Å². The summed E-state index contributed by atoms with van der Waals surface area (Å²) in [5.74, 6) is -0.295. The van der Waals surface area contributed by atoms with Gasteiger partial charge in [-0.1, -0.05) is 35.9 Å². The summed E-state index contributed by atoms with van der Waals surface area (Å²) in [4.78, 5) is 16.0. The lowest BCUT2D eigenvalue weighted by molar-refractivity contribution is 0.514. The standard InChI is InChI=1S/C17H9ClN2O2S/c18-13-7-3-1-5-10(13)15(21)12(9-19)17-20-16(22)11-6-2-4-8-14(11)23-17/h1-8,21H/b15-12-. The molecule has 4 nitrogen and oxygen atoms in total. The molecule has 6 heteroatoms. The lowest BCUT2D eigenvalue weighted by atomic mass is 10.1. The van der Waals surface area contributed by atoms with Gasteiger partial charge in [0.05, 0.1) is 10.4 Å². The van der Waals surface area contributed by atoms with Crippen LogP contribution in [0, 0.1) is 11.3 Å². The van der Waals surface area contributed by atoms with Crippen LogP contribution in [0.3, 0.4) is 0 Å². The van der Waals surface area contributed by atoms with Crippen LogP contribution >= 0.6 is 22.9 Å². The van der Waals surface area contributed by atoms with Gasteiger partial charge in [-0.2, -0.15) is 10.2 Å². The number of nitrogens with zero attached hydrogens (tertiary/aromatic N) is 2. The third kappa shape index (κ3) is 2.82. The van der Waals surface area contributed by atoms with Crippen molar-refractivity contribution in [1.82, 2.24) is 4.98 Å². The summed E-state index contributed by atoms with van der Waals surface area (Å²) in [5.41, 5.74) is -0.194. The molecule has 112 valence electrons. The number of benzene rings is 2. The van der Waals surface area contributed by atoms with Gasteiger partial charge in [-0.15, -0.1) is 11.3 Å². The Hall–Kier alpha value is -2.68. The highest BCUT2D eigenvalue weighted by molar-refractivity contribution is 7.19. The van der Waals surface area contributed by atoms with Crippen LogP contribution in [-0.4, -0.2) is 10.1 Å². The van der Waals surface area contributed by atoms with Crippen LogP contribution in [0.25, 0.3) is 21.4 Å². The van der Waals surface area contributed by atoms with Crippen molar-refractivity contribution in [3.8, 4) is 6.07 Å². The fourth-order valence-corrected chi connectivity index (χ4v) is 3.33. The third-order valence-electron chi connectivity index (χ3n) is 3.22. The van der Waals surface area contributed by atoms with Crippen molar-refractivity contribution < 1.29 is 5.11 Å². The van der Waals surface area contributed by atoms with Crippen molar-refractivity contribution in [3.63, 3.8) is 0 Å². The Labute approximate surface area is 140 Å². The predicted molar refractivity (Wildman–Crippen MR) is 92.4 cm³/mol. The molecule has 0 saturated heterocycles. The van der Waals surface area contributed by atoms with E-state index in [-0.39, 0.29) is 16.3 Å². The zero-order chi connectivity index (χ0) is 16.4. The first kappa shape index (κ1) is 15.2. The van der Waals surface area contributed by atoms with Gasteiger partial charge in [0.2, 0.25) is 0 Å². The normalized spacial score (nSPS) is 11.8. The molecule has 0 fully saturated rings. The number of aliphatic hydroxyl groups excluding tert-OH is 1. The molecule has 0 bridgehead atoms. The number of aliphatic hydroxyl groups is 1. The van der Waals surface area contributed by atoms with Crippen molar-refractivity contribution in [2.75, 3.05) is 0 Å². The lowest BCUT2D eigenvalue weighted by Gasteiger charge is -2.06. The number of rotatable bonds is 2. The summed E-state index contributed by atoms with van der Waals surface area (Å²) in [7, 11) is 0. The first-order valence-corrected chi connectivity index (χ1v) is 7.79. The van der Waals surface area contributed by atoms with Gasteiger partial charge in [-0.25, -0.2) is 0 Å². The molecule has 23 heavy (non-hydrogen) atoms. The molecule has 0 aliphatic carbocycles. The first-order valence-electron chi connectivity index (χ1n) is 6.60. The highest BCUT2D eigenvalue weighted by Gasteiger charge is 2.16. The van der Waals surface area contributed by atoms with E-state index < -0.39 is 5.56 Å². The number of nitriles is 1. The molecule has 0 aliphatic heterocycles. The molecule has 0 radical (unpaired) electrons. The molecule has 1 aromatic heterocycles. The largest absolute Gasteiger partial charge is 0.506 e. The summed E-state index contributed by atoms with van der Waals surface area (Å²) in [6.45, 7) is 0. The van der Waals surface area contributed by atoms with Crippen LogP contribution in [0.2, 0.25) is 5.02 Å². The van der Waals surface area contributed by atoms with E-state index >= 15 is 0 Å². The topological polar surface area (TPSA) is 74.0 Å². The van der Waals surface area contributed by atoms with Crippen LogP contribution in [-0.2, 0) is 0 Å². The van der Waals surface area contributed by atoms with E-state index in [0.29, 0.717) is 20.7 Å². The van der Waals surface area contributed by atoms with Gasteiger partial charge in [0.25, 0.3) is 5.56 Å². The summed E-state index contributed by atoms with van der Waals surface area (Å²) < 4.78 is 0.696. The van der Waals surface area contributed by atoms with Gasteiger partial charge in [-0.3, -0.25) is 4.79 Å². The maximum atomic E-state index is 12.1. The zero-order valence-corrected chi connectivity index (χ0v) is 13.2. The van der Waals surface area contributed by atoms with Crippen LogP contribution in [0.4, 0.5) is 0 Å². The summed E-state index contributed by atoms with van der Waals surface area (Å²) >= 11 is 7.22. The van der Waals surface area contributed by atoms with Gasteiger partial charge in [-0.05, 0) is 24.3 Å². The second kappa shape index (κ2) is 6.21. The monoisotopic (exact) mass is 340 g/mol. The van der Waals surface area contributed by atoms with Crippen molar-refractivity contribution in [2.45, 2.75) is 0 Å². The lowest BCUT2D eigenvalue weighted by Crippen LogP contribution is -2.07. The van der Waals surface area contributed by atoms with Gasteiger partial charge >= 0.3 is 0 Å². The van der Waals surface area contributed by atoms with Crippen molar-refractivity contribution >= 4 is 44.4 Å². The highest BCUT2D eigenvalue weighted by atomic mass is 35.5. The zero-order valence-electron chi connectivity index (χ0n) is 11.7. The number of aromatic nitrogens is 1. The van der Waals surface area contributed by atoms with E-state index in [4.69, 9.17) is 11.6 Å². The second-order valence-corrected chi connectivity index (χ2v) is 6.07. The molecule has 1 heterocycles. The molecule has 3 aromatic rings. The molecule has 0 saturated carbocycles. The molecule has 1 N–H and O–H groups in total. The maximum absolute atomic E-state index is 12.1. The minimum atomic E-state index is -0.436. The van der Waals surface area contributed by atoms with Crippen molar-refractivity contribution in [1.29, 1.82) is 5.26 Å². The average molecular weight is 341 g/mol. The fraction of sp³-hybridized carbons (Fsp3) is 0. The molecule has 0 amide bonds. The number of hydrogen-bond acceptors (Lipinski definition) is 5. The molecule has 0 spiro atoms. The Morgan fingerprint density at radius 2 is 1.87 bits per heavy atom. The average Bonchev–Trinajstić information content (AvgIpc) is 2.56. The quantitative estimate of drug-likeness (QED) is 0.558. The second-order valence-electron chi connectivity index (χ2n) is 4.64. The van der Waals surface area contributed by atoms with E-state index in [2.05, 4.69) is 4.98 Å². The van der Waals surface area contributed by atoms with Crippen molar-refractivity contribution in [2.24, 2.45) is 0 Å². The van der Waals surface area contributed by atoms with Crippen molar-refractivity contribution in [3.05, 3.63) is 74.5 Å². The Morgan fingerprint density at radius 3 is 2.61 bits per heavy atom. The molecule has 2 aromatic carbocycles. The molecule has 0 atom stereocenters. The van der Waals surface area contributed by atoms with Crippen LogP contribution in [0.1, 0.15) is 10.6 Å². The van der Waals surface area contributed by atoms with Crippen LogP contribution in [0.5, 0.6) is 0 Å². The minimum Gasteiger partial charge on any atom is -0.506 e. The smallest absolute Gasteiger partial charge is 0.279 e. The number of hydrogen-bond donors (Lipinski definition) is 1. The number of allylic oxidation sites excluding steroid dienone is 1. The maximum Gasteiger partial charge on any atom is 0.279 e. The SMILES string of the molecule is N#C/C(=C(/O)c1ccccc1Cl)c1nc(=O)c2ccccc2s1.